The van der Waals surface area contributed by atoms with E-state index in [9.17, 15) is 0 Å². The number of nitrogens with one attached hydrogen (secondary N) is 1. The van der Waals surface area contributed by atoms with Crippen LogP contribution in [0.25, 0.3) is 11.4 Å². The van der Waals surface area contributed by atoms with Crippen LogP contribution < -0.4 is 5.32 Å². The Morgan fingerprint density at radius 1 is 1.15 bits per heavy atom. The fraction of sp³-hybridized carbons (Fsp3) is 0.400. The molecule has 0 radical (unpaired) electrons. The zero-order chi connectivity index (χ0) is 14.9. The molecule has 0 unspecified atom stereocenters. The van der Waals surface area contributed by atoms with Crippen molar-refractivity contribution in [2.24, 2.45) is 0 Å². The lowest BCUT2D eigenvalue weighted by molar-refractivity contribution is 0.564. The van der Waals surface area contributed by atoms with E-state index in [0.717, 1.165) is 27.2 Å². The molecule has 0 saturated heterocycles. The Morgan fingerprint density at radius 2 is 1.85 bits per heavy atom. The predicted octanol–water partition coefficient (Wildman–Crippen LogP) is 3.95. The molecule has 0 aliphatic carbocycles. The van der Waals surface area contributed by atoms with Crippen molar-refractivity contribution >= 4 is 21.7 Å². The zero-order valence-electron chi connectivity index (χ0n) is 12.5. The van der Waals surface area contributed by atoms with E-state index in [4.69, 9.17) is 4.98 Å². The topological polar surface area (TPSA) is 50.7 Å². The highest BCUT2D eigenvalue weighted by Gasteiger charge is 2.23. The predicted molar refractivity (Wildman–Crippen MR) is 85.9 cm³/mol. The summed E-state index contributed by atoms with van der Waals surface area (Å²) in [4.78, 5) is 13.6. The number of aromatic nitrogens is 3. The molecular weight excluding hydrogens is 316 g/mol. The van der Waals surface area contributed by atoms with Crippen LogP contribution in [0.4, 0.5) is 5.82 Å². The first-order chi connectivity index (χ1) is 9.32. The number of anilines is 1. The van der Waals surface area contributed by atoms with Gasteiger partial charge in [0.15, 0.2) is 5.82 Å². The van der Waals surface area contributed by atoms with Crippen LogP contribution in [0.5, 0.6) is 0 Å². The van der Waals surface area contributed by atoms with Gasteiger partial charge in [0.2, 0.25) is 0 Å². The minimum atomic E-state index is -0.0692. The van der Waals surface area contributed by atoms with Gasteiger partial charge in [-0.05, 0) is 35.0 Å². The molecule has 2 aromatic heterocycles. The average Bonchev–Trinajstić information content (AvgIpc) is 2.38. The van der Waals surface area contributed by atoms with Gasteiger partial charge in [0.05, 0.1) is 10.2 Å². The second-order valence-electron chi connectivity index (χ2n) is 5.75. The van der Waals surface area contributed by atoms with Gasteiger partial charge in [0.25, 0.3) is 0 Å². The van der Waals surface area contributed by atoms with Crippen molar-refractivity contribution in [1.82, 2.24) is 15.0 Å². The van der Waals surface area contributed by atoms with Crippen LogP contribution in [0.2, 0.25) is 0 Å². The van der Waals surface area contributed by atoms with Crippen molar-refractivity contribution < 1.29 is 0 Å². The van der Waals surface area contributed by atoms with E-state index in [2.05, 4.69) is 52.0 Å². The summed E-state index contributed by atoms with van der Waals surface area (Å²) in [5, 5.41) is 3.11. The minimum Gasteiger partial charge on any atom is -0.372 e. The molecule has 5 heteroatoms. The smallest absolute Gasteiger partial charge is 0.163 e. The van der Waals surface area contributed by atoms with Crippen LogP contribution in [0, 0.1) is 6.92 Å². The molecule has 0 bridgehead atoms. The first-order valence-electron chi connectivity index (χ1n) is 6.51. The third-order valence-corrected chi connectivity index (χ3v) is 3.72. The van der Waals surface area contributed by atoms with Crippen LogP contribution in [0.15, 0.2) is 22.8 Å². The van der Waals surface area contributed by atoms with E-state index in [-0.39, 0.29) is 5.41 Å². The van der Waals surface area contributed by atoms with Crippen molar-refractivity contribution in [3.63, 3.8) is 0 Å². The van der Waals surface area contributed by atoms with Crippen LogP contribution >= 0.6 is 15.9 Å². The number of pyridine rings is 1. The normalized spacial score (nSPS) is 11.5. The van der Waals surface area contributed by atoms with Crippen molar-refractivity contribution in [2.75, 3.05) is 12.4 Å². The quantitative estimate of drug-likeness (QED) is 0.903. The highest BCUT2D eigenvalue weighted by Crippen LogP contribution is 2.34. The SMILES string of the molecule is CNc1nc(-c2ccc(C)nc2)nc(C(C)(C)C)c1Br. The number of hydrogen-bond acceptors (Lipinski definition) is 4. The fourth-order valence-electron chi connectivity index (χ4n) is 1.84. The summed E-state index contributed by atoms with van der Waals surface area (Å²) in [5.74, 6) is 1.48. The van der Waals surface area contributed by atoms with Crippen molar-refractivity contribution in [1.29, 1.82) is 0 Å². The molecule has 0 aliphatic heterocycles. The third-order valence-electron chi connectivity index (χ3n) is 2.97. The monoisotopic (exact) mass is 334 g/mol. The van der Waals surface area contributed by atoms with E-state index in [0.29, 0.717) is 5.82 Å². The van der Waals surface area contributed by atoms with E-state index in [1.54, 1.807) is 0 Å². The largest absolute Gasteiger partial charge is 0.372 e. The Morgan fingerprint density at radius 3 is 2.35 bits per heavy atom. The summed E-state index contributed by atoms with van der Waals surface area (Å²) in [6.45, 7) is 8.37. The van der Waals surface area contributed by atoms with E-state index < -0.39 is 0 Å². The Balaban J connectivity index is 2.63. The van der Waals surface area contributed by atoms with Gasteiger partial charge in [-0.15, -0.1) is 0 Å². The molecule has 0 saturated carbocycles. The molecule has 0 aromatic carbocycles. The highest BCUT2D eigenvalue weighted by atomic mass is 79.9. The second kappa shape index (κ2) is 5.48. The van der Waals surface area contributed by atoms with Crippen LogP contribution in [-0.2, 0) is 5.41 Å². The van der Waals surface area contributed by atoms with E-state index in [1.807, 2.05) is 32.3 Å². The molecule has 20 heavy (non-hydrogen) atoms. The average molecular weight is 335 g/mol. The lowest BCUT2D eigenvalue weighted by Crippen LogP contribution is -2.17. The van der Waals surface area contributed by atoms with Crippen molar-refractivity contribution in [2.45, 2.75) is 33.1 Å². The summed E-state index contributed by atoms with van der Waals surface area (Å²) in [5.41, 5.74) is 2.81. The van der Waals surface area contributed by atoms with Crippen LogP contribution in [0.1, 0.15) is 32.2 Å². The molecule has 1 N–H and O–H groups in total. The minimum absolute atomic E-state index is 0.0692. The van der Waals surface area contributed by atoms with Crippen molar-refractivity contribution in [3.05, 3.63) is 34.2 Å². The number of nitrogens with zero attached hydrogens (tertiary/aromatic N) is 3. The Hall–Kier alpha value is -1.49. The Bertz CT molecular complexity index is 615. The van der Waals surface area contributed by atoms with E-state index >= 15 is 0 Å². The zero-order valence-corrected chi connectivity index (χ0v) is 14.0. The first kappa shape index (κ1) is 14.9. The van der Waals surface area contributed by atoms with Gasteiger partial charge in [-0.3, -0.25) is 4.98 Å². The summed E-state index contributed by atoms with van der Waals surface area (Å²) in [6, 6.07) is 3.97. The first-order valence-corrected chi connectivity index (χ1v) is 7.31. The second-order valence-corrected chi connectivity index (χ2v) is 6.54. The van der Waals surface area contributed by atoms with Gasteiger partial charge in [-0.1, -0.05) is 20.8 Å². The standard InChI is InChI=1S/C15H19BrN4/c1-9-6-7-10(8-18-9)13-19-12(15(2,3)4)11(16)14(17-5)20-13/h6-8H,1-5H3,(H,17,19,20). The van der Waals surface area contributed by atoms with Crippen LogP contribution in [-0.4, -0.2) is 22.0 Å². The third kappa shape index (κ3) is 2.98. The summed E-state index contributed by atoms with van der Waals surface area (Å²) < 4.78 is 0.913. The van der Waals surface area contributed by atoms with Gasteiger partial charge in [0, 0.05) is 29.9 Å². The number of aryl methyl sites for hydroxylation is 1. The van der Waals surface area contributed by atoms with Gasteiger partial charge >= 0.3 is 0 Å². The summed E-state index contributed by atoms with van der Waals surface area (Å²) in [6.07, 6.45) is 1.81. The Kier molecular flexibility index (Phi) is 4.09. The summed E-state index contributed by atoms with van der Waals surface area (Å²) in [7, 11) is 1.86. The molecular formula is C15H19BrN4. The Labute approximate surface area is 128 Å². The molecule has 2 rings (SSSR count). The van der Waals surface area contributed by atoms with Gasteiger partial charge in [0.1, 0.15) is 5.82 Å². The number of halogens is 1. The van der Waals surface area contributed by atoms with Gasteiger partial charge in [-0.25, -0.2) is 9.97 Å². The number of rotatable bonds is 2. The molecule has 0 atom stereocenters. The highest BCUT2D eigenvalue weighted by molar-refractivity contribution is 9.10. The van der Waals surface area contributed by atoms with Gasteiger partial charge in [-0.2, -0.15) is 0 Å². The lowest BCUT2D eigenvalue weighted by atomic mass is 9.91. The molecule has 4 nitrogen and oxygen atoms in total. The summed E-state index contributed by atoms with van der Waals surface area (Å²) >= 11 is 3.59. The fourth-order valence-corrected chi connectivity index (χ4v) is 2.81. The molecule has 106 valence electrons. The molecule has 0 amide bonds. The maximum Gasteiger partial charge on any atom is 0.163 e. The maximum absolute atomic E-state index is 4.71. The molecule has 0 aliphatic rings. The van der Waals surface area contributed by atoms with E-state index in [1.165, 1.54) is 0 Å². The number of hydrogen-bond donors (Lipinski definition) is 1. The van der Waals surface area contributed by atoms with Crippen molar-refractivity contribution in [3.8, 4) is 11.4 Å². The molecule has 0 spiro atoms. The molecule has 0 fully saturated rings. The molecule has 2 aromatic rings. The molecule has 2 heterocycles. The lowest BCUT2D eigenvalue weighted by Gasteiger charge is -2.21. The van der Waals surface area contributed by atoms with Gasteiger partial charge < -0.3 is 5.32 Å². The van der Waals surface area contributed by atoms with Crippen LogP contribution in [0.3, 0.4) is 0 Å². The maximum atomic E-state index is 4.71.